The second-order valence-corrected chi connectivity index (χ2v) is 3.98. The van der Waals surface area contributed by atoms with Gasteiger partial charge in [-0.05, 0) is 13.0 Å². The summed E-state index contributed by atoms with van der Waals surface area (Å²) >= 11 is 0. The maximum Gasteiger partial charge on any atom is 0.125 e. The van der Waals surface area contributed by atoms with Gasteiger partial charge in [-0.3, -0.25) is 4.90 Å². The molecule has 0 aromatic carbocycles. The van der Waals surface area contributed by atoms with Gasteiger partial charge in [0.05, 0.1) is 6.61 Å². The van der Waals surface area contributed by atoms with Crippen molar-refractivity contribution in [2.24, 2.45) is 0 Å². The molecule has 4 nitrogen and oxygen atoms in total. The molecule has 0 spiro atoms. The highest BCUT2D eigenvalue weighted by Gasteiger charge is 2.28. The molecule has 1 aliphatic rings. The number of aryl methyl sites for hydroxylation is 1. The summed E-state index contributed by atoms with van der Waals surface area (Å²) in [4.78, 5) is 10.9. The van der Waals surface area contributed by atoms with Crippen molar-refractivity contribution in [1.29, 1.82) is 0 Å². The van der Waals surface area contributed by atoms with Gasteiger partial charge in [-0.15, -0.1) is 0 Å². The lowest BCUT2D eigenvalue weighted by atomic mass is 9.96. The summed E-state index contributed by atoms with van der Waals surface area (Å²) < 4.78 is 5.04. The first-order valence-corrected chi connectivity index (χ1v) is 5.30. The van der Waals surface area contributed by atoms with Crippen LogP contribution in [-0.2, 0) is 4.74 Å². The van der Waals surface area contributed by atoms with Crippen molar-refractivity contribution in [3.8, 4) is 0 Å². The van der Waals surface area contributed by atoms with Crippen LogP contribution in [0.1, 0.15) is 17.4 Å². The molecule has 0 N–H and O–H groups in total. The highest BCUT2D eigenvalue weighted by atomic mass is 16.5. The zero-order valence-corrected chi connectivity index (χ0v) is 9.31. The quantitative estimate of drug-likeness (QED) is 0.733. The van der Waals surface area contributed by atoms with Gasteiger partial charge in [0.15, 0.2) is 0 Å². The molecule has 1 aliphatic heterocycles. The predicted molar refractivity (Wildman–Crippen MR) is 57.8 cm³/mol. The Bertz CT molecular complexity index is 323. The molecule has 2 rings (SSSR count). The molecular weight excluding hydrogens is 190 g/mol. The normalized spacial score (nSPS) is 17.7. The Kier molecular flexibility index (Phi) is 3.28. The van der Waals surface area contributed by atoms with Gasteiger partial charge >= 0.3 is 0 Å². The Morgan fingerprint density at radius 1 is 1.53 bits per heavy atom. The minimum atomic E-state index is 0.587. The summed E-state index contributed by atoms with van der Waals surface area (Å²) in [5, 5.41) is 0. The van der Waals surface area contributed by atoms with Crippen molar-refractivity contribution in [2.75, 3.05) is 33.4 Å². The largest absolute Gasteiger partial charge is 0.383 e. The Labute approximate surface area is 90.3 Å². The number of ether oxygens (including phenoxy) is 1. The van der Waals surface area contributed by atoms with Crippen LogP contribution in [0.15, 0.2) is 12.3 Å². The third-order valence-corrected chi connectivity index (χ3v) is 2.78. The Hall–Kier alpha value is -1.00. The zero-order chi connectivity index (χ0) is 10.7. The van der Waals surface area contributed by atoms with Gasteiger partial charge in [-0.2, -0.15) is 0 Å². The zero-order valence-electron chi connectivity index (χ0n) is 9.31. The van der Waals surface area contributed by atoms with Gasteiger partial charge in [0.1, 0.15) is 5.82 Å². The Morgan fingerprint density at radius 3 is 3.00 bits per heavy atom. The number of rotatable bonds is 4. The van der Waals surface area contributed by atoms with Crippen molar-refractivity contribution < 1.29 is 4.74 Å². The smallest absolute Gasteiger partial charge is 0.125 e. The number of aromatic nitrogens is 2. The first-order chi connectivity index (χ1) is 7.29. The van der Waals surface area contributed by atoms with Crippen LogP contribution in [0, 0.1) is 6.92 Å². The molecule has 1 aromatic heterocycles. The van der Waals surface area contributed by atoms with Crippen molar-refractivity contribution in [1.82, 2.24) is 14.9 Å². The molecule has 2 heterocycles. The number of likely N-dealkylation sites (tertiary alicyclic amines) is 1. The summed E-state index contributed by atoms with van der Waals surface area (Å²) in [7, 11) is 1.74. The van der Waals surface area contributed by atoms with Crippen molar-refractivity contribution in [3.05, 3.63) is 23.8 Å². The highest BCUT2D eigenvalue weighted by molar-refractivity contribution is 5.13. The first-order valence-electron chi connectivity index (χ1n) is 5.30. The van der Waals surface area contributed by atoms with E-state index in [-0.39, 0.29) is 0 Å². The second kappa shape index (κ2) is 4.68. The van der Waals surface area contributed by atoms with Gasteiger partial charge in [0.25, 0.3) is 0 Å². The van der Waals surface area contributed by atoms with E-state index in [1.807, 2.05) is 19.2 Å². The Balaban J connectivity index is 1.84. The maximum absolute atomic E-state index is 5.04. The van der Waals surface area contributed by atoms with Gasteiger partial charge in [-0.1, -0.05) is 0 Å². The molecule has 1 aromatic rings. The van der Waals surface area contributed by atoms with Crippen molar-refractivity contribution in [2.45, 2.75) is 12.8 Å². The average Bonchev–Trinajstić information content (AvgIpc) is 2.16. The van der Waals surface area contributed by atoms with E-state index in [2.05, 4.69) is 14.9 Å². The molecule has 1 saturated heterocycles. The van der Waals surface area contributed by atoms with E-state index in [1.165, 1.54) is 5.69 Å². The monoisotopic (exact) mass is 207 g/mol. The fourth-order valence-corrected chi connectivity index (χ4v) is 1.86. The van der Waals surface area contributed by atoms with E-state index in [0.717, 1.165) is 32.1 Å². The van der Waals surface area contributed by atoms with Crippen LogP contribution in [0.2, 0.25) is 0 Å². The highest BCUT2D eigenvalue weighted by Crippen LogP contribution is 2.24. The van der Waals surface area contributed by atoms with Gasteiger partial charge in [-0.25, -0.2) is 9.97 Å². The molecule has 0 aliphatic carbocycles. The van der Waals surface area contributed by atoms with E-state index in [9.17, 15) is 0 Å². The van der Waals surface area contributed by atoms with E-state index < -0.39 is 0 Å². The van der Waals surface area contributed by atoms with Gasteiger partial charge < -0.3 is 4.74 Å². The predicted octanol–water partition coefficient (Wildman–Crippen LogP) is 0.831. The minimum absolute atomic E-state index is 0.587. The van der Waals surface area contributed by atoms with Gasteiger partial charge in [0, 0.05) is 44.6 Å². The summed E-state index contributed by atoms with van der Waals surface area (Å²) in [5.41, 5.74) is 1.18. The van der Waals surface area contributed by atoms with Crippen LogP contribution in [0.25, 0.3) is 0 Å². The third kappa shape index (κ3) is 2.52. The topological polar surface area (TPSA) is 38.2 Å². The molecule has 4 heteroatoms. The number of hydrogen-bond donors (Lipinski definition) is 0. The SMILES string of the molecule is COCCN1CC(c2ccnc(C)n2)C1. The molecule has 0 unspecified atom stereocenters. The van der Waals surface area contributed by atoms with Crippen LogP contribution >= 0.6 is 0 Å². The molecule has 0 saturated carbocycles. The van der Waals surface area contributed by atoms with Crippen LogP contribution in [0.5, 0.6) is 0 Å². The second-order valence-electron chi connectivity index (χ2n) is 3.98. The average molecular weight is 207 g/mol. The molecule has 0 bridgehead atoms. The third-order valence-electron chi connectivity index (χ3n) is 2.78. The van der Waals surface area contributed by atoms with Gasteiger partial charge in [0.2, 0.25) is 0 Å². The lowest BCUT2D eigenvalue weighted by Crippen LogP contribution is -2.46. The van der Waals surface area contributed by atoms with Crippen LogP contribution < -0.4 is 0 Å². The number of methoxy groups -OCH3 is 1. The first kappa shape index (κ1) is 10.5. The summed E-state index contributed by atoms with van der Waals surface area (Å²) in [6.45, 7) is 5.97. The molecule has 15 heavy (non-hydrogen) atoms. The number of nitrogens with zero attached hydrogens (tertiary/aromatic N) is 3. The van der Waals surface area contributed by atoms with Crippen LogP contribution in [0.4, 0.5) is 0 Å². The van der Waals surface area contributed by atoms with Crippen molar-refractivity contribution in [3.63, 3.8) is 0 Å². The fourth-order valence-electron chi connectivity index (χ4n) is 1.86. The minimum Gasteiger partial charge on any atom is -0.383 e. The van der Waals surface area contributed by atoms with E-state index in [0.29, 0.717) is 5.92 Å². The molecule has 0 amide bonds. The number of hydrogen-bond acceptors (Lipinski definition) is 4. The summed E-state index contributed by atoms with van der Waals surface area (Å²) in [6.07, 6.45) is 1.84. The lowest BCUT2D eigenvalue weighted by Gasteiger charge is -2.38. The van der Waals surface area contributed by atoms with Crippen molar-refractivity contribution >= 4 is 0 Å². The molecular formula is C11H17N3O. The maximum atomic E-state index is 5.04. The molecule has 0 atom stereocenters. The standard InChI is InChI=1S/C11H17N3O/c1-9-12-4-3-11(13-9)10-7-14(8-10)5-6-15-2/h3-4,10H,5-8H2,1-2H3. The molecule has 82 valence electrons. The fraction of sp³-hybridized carbons (Fsp3) is 0.636. The summed E-state index contributed by atoms with van der Waals surface area (Å²) in [5.74, 6) is 1.45. The lowest BCUT2D eigenvalue weighted by molar-refractivity contribution is 0.0929. The molecule has 0 radical (unpaired) electrons. The van der Waals surface area contributed by atoms with E-state index >= 15 is 0 Å². The summed E-state index contributed by atoms with van der Waals surface area (Å²) in [6, 6.07) is 2.02. The molecule has 1 fully saturated rings. The van der Waals surface area contributed by atoms with Crippen LogP contribution in [0.3, 0.4) is 0 Å². The Morgan fingerprint density at radius 2 is 2.33 bits per heavy atom. The van der Waals surface area contributed by atoms with E-state index in [4.69, 9.17) is 4.74 Å². The van der Waals surface area contributed by atoms with Crippen LogP contribution in [-0.4, -0.2) is 48.2 Å². The van der Waals surface area contributed by atoms with E-state index in [1.54, 1.807) is 7.11 Å².